The topological polar surface area (TPSA) is 98.8 Å². The van der Waals surface area contributed by atoms with Gasteiger partial charge in [0.25, 0.3) is 17.7 Å². The van der Waals surface area contributed by atoms with Crippen molar-refractivity contribution >= 4 is 23.6 Å². The number of rotatable bonds is 3. The number of benzene rings is 1. The predicted octanol–water partition coefficient (Wildman–Crippen LogP) is 0.518. The third-order valence-electron chi connectivity index (χ3n) is 5.58. The summed E-state index contributed by atoms with van der Waals surface area (Å²) in [5.41, 5.74) is 0.975. The SMILES string of the molecule is O=C1CCC(N2C(=O)c3ccc(CN4CCCNCC(F)(F)C4)cc3C2=O)C(=O)N1. The van der Waals surface area contributed by atoms with E-state index in [9.17, 15) is 28.0 Å². The molecule has 0 radical (unpaired) electrons. The van der Waals surface area contributed by atoms with Crippen molar-refractivity contribution in [3.8, 4) is 0 Å². The van der Waals surface area contributed by atoms with Gasteiger partial charge in [0.05, 0.1) is 24.2 Å². The molecule has 2 N–H and O–H groups in total. The second kappa shape index (κ2) is 7.84. The molecule has 0 aliphatic carbocycles. The Morgan fingerprint density at radius 3 is 2.63 bits per heavy atom. The van der Waals surface area contributed by atoms with E-state index in [0.717, 1.165) is 11.3 Å². The monoisotopic (exact) mass is 420 g/mol. The molecule has 2 saturated heterocycles. The summed E-state index contributed by atoms with van der Waals surface area (Å²) in [5.74, 6) is -5.15. The Labute approximate surface area is 171 Å². The van der Waals surface area contributed by atoms with Crippen molar-refractivity contribution in [3.05, 3.63) is 34.9 Å². The standard InChI is InChI=1S/C20H22F2N4O4/c21-20(22)10-23-6-1-7-25(11-20)9-12-2-3-13-14(8-12)19(30)26(18(13)29)15-4-5-16(27)24-17(15)28/h2-3,8,15,23H,1,4-7,9-11H2,(H,24,27,28). The minimum atomic E-state index is -2.86. The number of imide groups is 2. The molecule has 3 aliphatic heterocycles. The predicted molar refractivity (Wildman–Crippen MR) is 101 cm³/mol. The molecule has 2 fully saturated rings. The zero-order valence-electron chi connectivity index (χ0n) is 16.2. The largest absolute Gasteiger partial charge is 0.311 e. The highest BCUT2D eigenvalue weighted by atomic mass is 19.3. The van der Waals surface area contributed by atoms with Gasteiger partial charge in [-0.1, -0.05) is 6.07 Å². The van der Waals surface area contributed by atoms with Crippen molar-refractivity contribution in [3.63, 3.8) is 0 Å². The van der Waals surface area contributed by atoms with Gasteiger partial charge in [0.15, 0.2) is 0 Å². The maximum Gasteiger partial charge on any atom is 0.272 e. The van der Waals surface area contributed by atoms with Gasteiger partial charge in [0.2, 0.25) is 11.8 Å². The molecule has 1 unspecified atom stereocenters. The molecule has 10 heteroatoms. The zero-order valence-corrected chi connectivity index (χ0v) is 16.2. The number of hydrogen-bond acceptors (Lipinski definition) is 6. The van der Waals surface area contributed by atoms with Gasteiger partial charge < -0.3 is 5.32 Å². The van der Waals surface area contributed by atoms with Crippen molar-refractivity contribution in [2.24, 2.45) is 0 Å². The molecule has 4 rings (SSSR count). The highest BCUT2D eigenvalue weighted by molar-refractivity contribution is 6.23. The Kier molecular flexibility index (Phi) is 5.37. The molecule has 1 aromatic rings. The van der Waals surface area contributed by atoms with E-state index in [4.69, 9.17) is 0 Å². The number of carbonyl (C=O) groups excluding carboxylic acids is 4. The second-order valence-electron chi connectivity index (χ2n) is 7.92. The van der Waals surface area contributed by atoms with Crippen LogP contribution < -0.4 is 10.6 Å². The smallest absolute Gasteiger partial charge is 0.272 e. The fourth-order valence-electron chi connectivity index (χ4n) is 4.17. The Bertz CT molecular complexity index is 920. The summed E-state index contributed by atoms with van der Waals surface area (Å²) in [5, 5.41) is 4.88. The Hall–Kier alpha value is -2.72. The summed E-state index contributed by atoms with van der Waals surface area (Å²) in [7, 11) is 0. The van der Waals surface area contributed by atoms with Crippen LogP contribution in [0, 0.1) is 0 Å². The molecule has 1 atom stereocenters. The number of piperidine rings is 1. The fraction of sp³-hybridized carbons (Fsp3) is 0.500. The molecule has 30 heavy (non-hydrogen) atoms. The van der Waals surface area contributed by atoms with E-state index in [-0.39, 0.29) is 37.1 Å². The first-order chi connectivity index (χ1) is 14.2. The minimum absolute atomic E-state index is 0.0487. The summed E-state index contributed by atoms with van der Waals surface area (Å²) in [6, 6.07) is 3.66. The molecule has 3 aliphatic rings. The molecule has 8 nitrogen and oxygen atoms in total. The van der Waals surface area contributed by atoms with Crippen molar-refractivity contribution in [1.82, 2.24) is 20.4 Å². The van der Waals surface area contributed by atoms with Crippen LogP contribution in [-0.2, 0) is 16.1 Å². The van der Waals surface area contributed by atoms with Gasteiger partial charge in [-0.25, -0.2) is 8.78 Å². The lowest BCUT2D eigenvalue weighted by molar-refractivity contribution is -0.136. The lowest BCUT2D eigenvalue weighted by Crippen LogP contribution is -2.54. The molecule has 0 saturated carbocycles. The van der Waals surface area contributed by atoms with Crippen LogP contribution in [0.25, 0.3) is 0 Å². The van der Waals surface area contributed by atoms with Gasteiger partial charge in [-0.3, -0.25) is 34.3 Å². The third-order valence-corrected chi connectivity index (χ3v) is 5.58. The lowest BCUT2D eigenvalue weighted by atomic mass is 10.0. The molecule has 0 spiro atoms. The summed E-state index contributed by atoms with van der Waals surface area (Å²) >= 11 is 0. The Morgan fingerprint density at radius 2 is 1.87 bits per heavy atom. The van der Waals surface area contributed by atoms with Crippen molar-refractivity contribution in [2.45, 2.75) is 37.8 Å². The summed E-state index contributed by atoms with van der Waals surface area (Å²) in [6.07, 6.45) is 0.856. The third kappa shape index (κ3) is 3.97. The number of nitrogens with one attached hydrogen (secondary N) is 2. The van der Waals surface area contributed by atoms with Crippen LogP contribution in [0.15, 0.2) is 18.2 Å². The minimum Gasteiger partial charge on any atom is -0.311 e. The lowest BCUT2D eigenvalue weighted by Gasteiger charge is -2.30. The molecule has 0 bridgehead atoms. The second-order valence-corrected chi connectivity index (χ2v) is 7.92. The van der Waals surface area contributed by atoms with E-state index in [0.29, 0.717) is 18.7 Å². The quantitative estimate of drug-likeness (QED) is 0.692. The molecule has 1 aromatic carbocycles. The molecular weight excluding hydrogens is 398 g/mol. The van der Waals surface area contributed by atoms with Crippen LogP contribution in [0.4, 0.5) is 8.78 Å². The molecule has 0 aromatic heterocycles. The van der Waals surface area contributed by atoms with Gasteiger partial charge in [-0.15, -0.1) is 0 Å². The first-order valence-corrected chi connectivity index (χ1v) is 9.90. The maximum absolute atomic E-state index is 14.0. The first kappa shape index (κ1) is 20.5. The number of carbonyl (C=O) groups is 4. The summed E-state index contributed by atoms with van der Waals surface area (Å²) in [4.78, 5) is 51.6. The van der Waals surface area contributed by atoms with E-state index in [2.05, 4.69) is 10.6 Å². The van der Waals surface area contributed by atoms with Crippen LogP contribution in [0.1, 0.15) is 45.5 Å². The zero-order chi connectivity index (χ0) is 21.5. The molecule has 160 valence electrons. The number of alkyl halides is 2. The van der Waals surface area contributed by atoms with Crippen LogP contribution in [-0.4, -0.2) is 71.6 Å². The average molecular weight is 420 g/mol. The van der Waals surface area contributed by atoms with Crippen LogP contribution >= 0.6 is 0 Å². The van der Waals surface area contributed by atoms with Crippen molar-refractivity contribution in [2.75, 3.05) is 26.2 Å². The Balaban J connectivity index is 1.53. The van der Waals surface area contributed by atoms with Gasteiger partial charge in [-0.2, -0.15) is 0 Å². The van der Waals surface area contributed by atoms with Crippen molar-refractivity contribution < 1.29 is 28.0 Å². The van der Waals surface area contributed by atoms with Crippen molar-refractivity contribution in [1.29, 1.82) is 0 Å². The van der Waals surface area contributed by atoms with Gasteiger partial charge in [0, 0.05) is 13.0 Å². The van der Waals surface area contributed by atoms with Crippen LogP contribution in [0.2, 0.25) is 0 Å². The number of fused-ring (bicyclic) bond motifs is 1. The molecular formula is C20H22F2N4O4. The summed E-state index contributed by atoms with van der Waals surface area (Å²) < 4.78 is 28.0. The highest BCUT2D eigenvalue weighted by Crippen LogP contribution is 2.29. The molecule has 4 amide bonds. The number of nitrogens with zero attached hydrogens (tertiary/aromatic N) is 2. The van der Waals surface area contributed by atoms with E-state index in [1.165, 1.54) is 12.1 Å². The van der Waals surface area contributed by atoms with Gasteiger partial charge in [-0.05, 0) is 43.6 Å². The van der Waals surface area contributed by atoms with E-state index < -0.39 is 42.1 Å². The van der Waals surface area contributed by atoms with Crippen LogP contribution in [0.5, 0.6) is 0 Å². The fourth-order valence-corrected chi connectivity index (χ4v) is 4.17. The normalized spacial score (nSPS) is 25.0. The van der Waals surface area contributed by atoms with E-state index >= 15 is 0 Å². The highest BCUT2D eigenvalue weighted by Gasteiger charge is 2.44. The number of amides is 4. The van der Waals surface area contributed by atoms with Gasteiger partial charge >= 0.3 is 0 Å². The van der Waals surface area contributed by atoms with E-state index in [1.807, 2.05) is 0 Å². The van der Waals surface area contributed by atoms with E-state index in [1.54, 1.807) is 11.0 Å². The van der Waals surface area contributed by atoms with Gasteiger partial charge in [0.1, 0.15) is 6.04 Å². The summed E-state index contributed by atoms with van der Waals surface area (Å²) in [6.45, 7) is 0.440. The Morgan fingerprint density at radius 1 is 1.10 bits per heavy atom. The first-order valence-electron chi connectivity index (χ1n) is 9.90. The maximum atomic E-state index is 14.0. The van der Waals surface area contributed by atoms with Crippen LogP contribution in [0.3, 0.4) is 0 Å². The number of hydrogen-bond donors (Lipinski definition) is 2. The molecule has 3 heterocycles. The average Bonchev–Trinajstić information content (AvgIpc) is 2.90. The number of halogens is 2.